The molecule has 24 heavy (non-hydrogen) atoms. The lowest BCUT2D eigenvalue weighted by molar-refractivity contribution is -0.143. The second-order valence-corrected chi connectivity index (χ2v) is 7.56. The first-order chi connectivity index (χ1) is 11.7. The number of amides is 1. The van der Waals surface area contributed by atoms with E-state index in [0.29, 0.717) is 0 Å². The number of hydrogen-bond donors (Lipinski definition) is 0. The Morgan fingerprint density at radius 2 is 2.12 bits per heavy atom. The summed E-state index contributed by atoms with van der Waals surface area (Å²) < 4.78 is 7.45. The van der Waals surface area contributed by atoms with E-state index in [2.05, 4.69) is 16.1 Å². The van der Waals surface area contributed by atoms with Crippen LogP contribution in [-0.4, -0.2) is 63.4 Å². The molecule has 3 fully saturated rings. The van der Waals surface area contributed by atoms with Crippen LogP contribution < -0.4 is 0 Å². The Morgan fingerprint density at radius 1 is 1.29 bits per heavy atom. The van der Waals surface area contributed by atoms with Gasteiger partial charge in [0, 0.05) is 45.0 Å². The molecule has 0 saturated carbocycles. The van der Waals surface area contributed by atoms with Crippen LogP contribution in [0.25, 0.3) is 0 Å². The van der Waals surface area contributed by atoms with E-state index in [1.54, 1.807) is 0 Å². The minimum atomic E-state index is -0.174. The van der Waals surface area contributed by atoms with Crippen LogP contribution >= 0.6 is 0 Å². The van der Waals surface area contributed by atoms with Gasteiger partial charge in [0.05, 0.1) is 5.69 Å². The van der Waals surface area contributed by atoms with Crippen LogP contribution in [0.2, 0.25) is 0 Å². The summed E-state index contributed by atoms with van der Waals surface area (Å²) in [6.45, 7) is 4.57. The maximum absolute atomic E-state index is 12.6. The normalized spacial score (nSPS) is 27.2. The molecule has 3 saturated heterocycles. The molecule has 0 radical (unpaired) electrons. The standard InChI is InChI=1S/C18H28N4O2/c1-20-10-5-15(19-20)14-22-9-3-6-18(22)7-11-21(12-8-18)17(23)16-4-2-13-24-16/h5,10,16H,2-4,6-9,11-14H2,1H3. The van der Waals surface area contributed by atoms with E-state index < -0.39 is 0 Å². The second-order valence-electron chi connectivity index (χ2n) is 7.56. The largest absolute Gasteiger partial charge is 0.368 e. The van der Waals surface area contributed by atoms with E-state index in [4.69, 9.17) is 4.74 Å². The first-order valence-corrected chi connectivity index (χ1v) is 9.30. The Labute approximate surface area is 143 Å². The maximum atomic E-state index is 12.6. The third-order valence-corrected chi connectivity index (χ3v) is 6.07. The van der Waals surface area contributed by atoms with Crippen molar-refractivity contribution in [1.82, 2.24) is 19.6 Å². The summed E-state index contributed by atoms with van der Waals surface area (Å²) >= 11 is 0. The zero-order valence-electron chi connectivity index (χ0n) is 14.6. The highest BCUT2D eigenvalue weighted by Crippen LogP contribution is 2.39. The molecule has 4 rings (SSSR count). The molecule has 6 heteroatoms. The number of likely N-dealkylation sites (tertiary alicyclic amines) is 2. The van der Waals surface area contributed by atoms with E-state index >= 15 is 0 Å². The number of nitrogens with zero attached hydrogens (tertiary/aromatic N) is 4. The summed E-state index contributed by atoms with van der Waals surface area (Å²) in [6.07, 6.45) is 8.43. The maximum Gasteiger partial charge on any atom is 0.251 e. The summed E-state index contributed by atoms with van der Waals surface area (Å²) in [5.41, 5.74) is 1.42. The van der Waals surface area contributed by atoms with Crippen molar-refractivity contribution in [2.75, 3.05) is 26.2 Å². The zero-order chi connectivity index (χ0) is 16.6. The third kappa shape index (κ3) is 2.97. The minimum absolute atomic E-state index is 0.174. The molecule has 3 aliphatic heterocycles. The summed E-state index contributed by atoms with van der Waals surface area (Å²) in [4.78, 5) is 17.2. The summed E-state index contributed by atoms with van der Waals surface area (Å²) in [7, 11) is 1.97. The quantitative estimate of drug-likeness (QED) is 0.843. The van der Waals surface area contributed by atoms with Gasteiger partial charge in [-0.15, -0.1) is 0 Å². The van der Waals surface area contributed by atoms with Crippen LogP contribution in [0.5, 0.6) is 0 Å². The average Bonchev–Trinajstić information content (AvgIpc) is 3.32. The van der Waals surface area contributed by atoms with Gasteiger partial charge in [0.1, 0.15) is 6.10 Å². The van der Waals surface area contributed by atoms with Crippen molar-refractivity contribution in [3.05, 3.63) is 18.0 Å². The smallest absolute Gasteiger partial charge is 0.251 e. The lowest BCUT2D eigenvalue weighted by atomic mass is 9.84. The van der Waals surface area contributed by atoms with Gasteiger partial charge < -0.3 is 9.64 Å². The van der Waals surface area contributed by atoms with Crippen molar-refractivity contribution in [3.8, 4) is 0 Å². The van der Waals surface area contributed by atoms with Crippen molar-refractivity contribution in [3.63, 3.8) is 0 Å². The van der Waals surface area contributed by atoms with Gasteiger partial charge in [0.2, 0.25) is 0 Å². The third-order valence-electron chi connectivity index (χ3n) is 6.07. The van der Waals surface area contributed by atoms with Crippen molar-refractivity contribution in [1.29, 1.82) is 0 Å². The average molecular weight is 332 g/mol. The summed E-state index contributed by atoms with van der Waals surface area (Å²) in [5, 5.41) is 4.54. The molecular weight excluding hydrogens is 304 g/mol. The first kappa shape index (κ1) is 16.1. The van der Waals surface area contributed by atoms with Crippen LogP contribution in [0.4, 0.5) is 0 Å². The lowest BCUT2D eigenvalue weighted by Gasteiger charge is -2.45. The van der Waals surface area contributed by atoms with Gasteiger partial charge in [-0.25, -0.2) is 0 Å². The number of ether oxygens (including phenoxy) is 1. The first-order valence-electron chi connectivity index (χ1n) is 9.30. The van der Waals surface area contributed by atoms with E-state index in [0.717, 1.165) is 64.2 Å². The van der Waals surface area contributed by atoms with Gasteiger partial charge >= 0.3 is 0 Å². The monoisotopic (exact) mass is 332 g/mol. The fourth-order valence-electron chi connectivity index (χ4n) is 4.67. The van der Waals surface area contributed by atoms with Gasteiger partial charge in [0.15, 0.2) is 0 Å². The molecule has 1 unspecified atom stereocenters. The Hall–Kier alpha value is -1.40. The Kier molecular flexibility index (Phi) is 4.35. The van der Waals surface area contributed by atoms with Gasteiger partial charge in [-0.3, -0.25) is 14.4 Å². The fraction of sp³-hybridized carbons (Fsp3) is 0.778. The molecule has 1 spiro atoms. The molecule has 6 nitrogen and oxygen atoms in total. The van der Waals surface area contributed by atoms with Crippen molar-refractivity contribution in [2.24, 2.45) is 7.05 Å². The highest BCUT2D eigenvalue weighted by molar-refractivity contribution is 5.81. The minimum Gasteiger partial charge on any atom is -0.368 e. The second kappa shape index (κ2) is 6.48. The molecule has 4 heterocycles. The molecular formula is C18H28N4O2. The van der Waals surface area contributed by atoms with Crippen molar-refractivity contribution < 1.29 is 9.53 Å². The molecule has 0 aliphatic carbocycles. The van der Waals surface area contributed by atoms with Crippen LogP contribution in [0.1, 0.15) is 44.2 Å². The highest BCUT2D eigenvalue weighted by Gasteiger charge is 2.44. The Morgan fingerprint density at radius 3 is 2.79 bits per heavy atom. The van der Waals surface area contributed by atoms with Crippen LogP contribution in [0, 0.1) is 0 Å². The van der Waals surface area contributed by atoms with Crippen LogP contribution in [0.3, 0.4) is 0 Å². The molecule has 0 N–H and O–H groups in total. The summed E-state index contributed by atoms with van der Waals surface area (Å²) in [6, 6.07) is 2.11. The predicted molar refractivity (Wildman–Crippen MR) is 90.4 cm³/mol. The molecule has 1 amide bonds. The highest BCUT2D eigenvalue weighted by atomic mass is 16.5. The van der Waals surface area contributed by atoms with Gasteiger partial charge in [-0.1, -0.05) is 0 Å². The Balaban J connectivity index is 1.38. The van der Waals surface area contributed by atoms with E-state index in [1.807, 2.05) is 22.8 Å². The summed E-state index contributed by atoms with van der Waals surface area (Å²) in [5.74, 6) is 0.219. The fourth-order valence-corrected chi connectivity index (χ4v) is 4.67. The Bertz CT molecular complexity index is 586. The lowest BCUT2D eigenvalue weighted by Crippen LogP contribution is -2.54. The number of carbonyl (C=O) groups is 1. The van der Waals surface area contributed by atoms with Crippen LogP contribution in [0.15, 0.2) is 12.3 Å². The van der Waals surface area contributed by atoms with Crippen LogP contribution in [-0.2, 0) is 23.1 Å². The number of carbonyl (C=O) groups excluding carboxylic acids is 1. The number of aromatic nitrogens is 2. The SMILES string of the molecule is Cn1ccc(CN2CCCC23CCN(C(=O)C2CCCO2)CC3)n1. The van der Waals surface area contributed by atoms with Gasteiger partial charge in [-0.2, -0.15) is 5.10 Å². The van der Waals surface area contributed by atoms with E-state index in [-0.39, 0.29) is 17.6 Å². The number of aryl methyl sites for hydroxylation is 1. The molecule has 1 atom stereocenters. The van der Waals surface area contributed by atoms with E-state index in [1.165, 1.54) is 12.8 Å². The molecule has 132 valence electrons. The van der Waals surface area contributed by atoms with Gasteiger partial charge in [0.25, 0.3) is 5.91 Å². The number of piperidine rings is 1. The molecule has 0 aromatic carbocycles. The molecule has 1 aromatic rings. The molecule has 0 bridgehead atoms. The zero-order valence-corrected chi connectivity index (χ0v) is 14.6. The van der Waals surface area contributed by atoms with E-state index in [9.17, 15) is 4.79 Å². The van der Waals surface area contributed by atoms with Crippen molar-refractivity contribution in [2.45, 2.75) is 56.7 Å². The number of rotatable bonds is 3. The van der Waals surface area contributed by atoms with Gasteiger partial charge in [-0.05, 0) is 51.1 Å². The topological polar surface area (TPSA) is 50.6 Å². The number of hydrogen-bond acceptors (Lipinski definition) is 4. The molecule has 1 aromatic heterocycles. The molecule has 3 aliphatic rings. The van der Waals surface area contributed by atoms with Crippen molar-refractivity contribution >= 4 is 5.91 Å². The predicted octanol–water partition coefficient (Wildman–Crippen LogP) is 1.56.